The second-order valence-corrected chi connectivity index (χ2v) is 7.36. The van der Waals surface area contributed by atoms with E-state index in [9.17, 15) is 10.2 Å². The van der Waals surface area contributed by atoms with Crippen LogP contribution in [0.25, 0.3) is 21.8 Å². The van der Waals surface area contributed by atoms with Gasteiger partial charge >= 0.3 is 0 Å². The van der Waals surface area contributed by atoms with Gasteiger partial charge in [-0.15, -0.1) is 0 Å². The molecule has 0 amide bonds. The Balaban J connectivity index is 0.000000151. The molecule has 0 spiro atoms. The standard InChI is InChI=1S/C9H5BrClNO.C9H5Cl2NO/c2*10-6-3-5-1-2-7(13)8(11)9(5)12-4-6/h2*1-4,13H. The van der Waals surface area contributed by atoms with Crippen molar-refractivity contribution in [1.82, 2.24) is 9.97 Å². The van der Waals surface area contributed by atoms with E-state index in [0.29, 0.717) is 21.1 Å². The van der Waals surface area contributed by atoms with Crippen molar-refractivity contribution in [3.8, 4) is 11.5 Å². The van der Waals surface area contributed by atoms with E-state index >= 15 is 0 Å². The molecule has 26 heavy (non-hydrogen) atoms. The Hall–Kier alpha value is -1.79. The summed E-state index contributed by atoms with van der Waals surface area (Å²) in [6, 6.07) is 10.2. The van der Waals surface area contributed by atoms with Gasteiger partial charge in [-0.25, -0.2) is 0 Å². The van der Waals surface area contributed by atoms with Crippen molar-refractivity contribution in [3.63, 3.8) is 0 Å². The molecule has 0 radical (unpaired) electrons. The van der Waals surface area contributed by atoms with Gasteiger partial charge in [0.25, 0.3) is 0 Å². The van der Waals surface area contributed by atoms with E-state index in [4.69, 9.17) is 34.8 Å². The minimum atomic E-state index is 0.0315. The van der Waals surface area contributed by atoms with Gasteiger partial charge < -0.3 is 10.2 Å². The van der Waals surface area contributed by atoms with Crippen LogP contribution in [-0.4, -0.2) is 20.2 Å². The van der Waals surface area contributed by atoms with Crippen LogP contribution in [-0.2, 0) is 0 Å². The number of hydrogen-bond donors (Lipinski definition) is 2. The highest BCUT2D eigenvalue weighted by molar-refractivity contribution is 9.10. The number of aromatic nitrogens is 2. The normalized spacial score (nSPS) is 10.6. The number of benzene rings is 2. The number of halogens is 4. The molecule has 0 aliphatic rings. The van der Waals surface area contributed by atoms with Crippen molar-refractivity contribution < 1.29 is 10.2 Å². The minimum absolute atomic E-state index is 0.0315. The highest BCUT2D eigenvalue weighted by Crippen LogP contribution is 2.32. The quantitative estimate of drug-likeness (QED) is 0.302. The first kappa shape index (κ1) is 19.0. The third kappa shape index (κ3) is 3.96. The first-order chi connectivity index (χ1) is 12.4. The molecule has 132 valence electrons. The Kier molecular flexibility index (Phi) is 5.73. The maximum Gasteiger partial charge on any atom is 0.136 e. The lowest BCUT2D eigenvalue weighted by atomic mass is 10.2. The fourth-order valence-corrected chi connectivity index (χ4v) is 3.21. The fraction of sp³-hybridized carbons (Fsp3) is 0. The fourth-order valence-electron chi connectivity index (χ4n) is 2.26. The highest BCUT2D eigenvalue weighted by atomic mass is 79.9. The van der Waals surface area contributed by atoms with Gasteiger partial charge in [0.05, 0.1) is 16.1 Å². The van der Waals surface area contributed by atoms with Gasteiger partial charge in [-0.2, -0.15) is 0 Å². The third-order valence-electron chi connectivity index (χ3n) is 3.47. The summed E-state index contributed by atoms with van der Waals surface area (Å²) < 4.78 is 0.891. The van der Waals surface area contributed by atoms with E-state index in [1.165, 1.54) is 12.3 Å². The van der Waals surface area contributed by atoms with E-state index in [1.54, 1.807) is 30.5 Å². The van der Waals surface area contributed by atoms with Crippen LogP contribution in [0.15, 0.2) is 53.3 Å². The molecule has 4 aromatic rings. The predicted octanol–water partition coefficient (Wildman–Crippen LogP) is 6.60. The summed E-state index contributed by atoms with van der Waals surface area (Å²) in [6.45, 7) is 0. The average Bonchev–Trinajstić information content (AvgIpc) is 2.62. The van der Waals surface area contributed by atoms with Gasteiger partial charge in [0.15, 0.2) is 0 Å². The van der Waals surface area contributed by atoms with Crippen molar-refractivity contribution in [2.45, 2.75) is 0 Å². The lowest BCUT2D eigenvalue weighted by molar-refractivity contribution is 0.476. The predicted molar refractivity (Wildman–Crippen MR) is 110 cm³/mol. The number of nitrogens with zero attached hydrogens (tertiary/aromatic N) is 2. The minimum Gasteiger partial charge on any atom is -0.506 e. The number of fused-ring (bicyclic) bond motifs is 2. The Labute approximate surface area is 172 Å². The van der Waals surface area contributed by atoms with E-state index in [0.717, 1.165) is 15.2 Å². The molecule has 0 atom stereocenters. The van der Waals surface area contributed by atoms with Crippen LogP contribution in [0.2, 0.25) is 15.1 Å². The van der Waals surface area contributed by atoms with Crippen LogP contribution >= 0.6 is 50.7 Å². The van der Waals surface area contributed by atoms with Gasteiger partial charge in [0.2, 0.25) is 0 Å². The Bertz CT molecular complexity index is 1030. The van der Waals surface area contributed by atoms with Crippen LogP contribution in [0.3, 0.4) is 0 Å². The van der Waals surface area contributed by atoms with Crippen molar-refractivity contribution in [2.24, 2.45) is 0 Å². The highest BCUT2D eigenvalue weighted by Gasteiger charge is 2.06. The molecule has 0 saturated carbocycles. The van der Waals surface area contributed by atoms with Crippen LogP contribution < -0.4 is 0 Å². The van der Waals surface area contributed by atoms with E-state index < -0.39 is 0 Å². The molecule has 0 unspecified atom stereocenters. The molecule has 0 saturated heterocycles. The molecule has 0 fully saturated rings. The summed E-state index contributed by atoms with van der Waals surface area (Å²) in [4.78, 5) is 8.12. The van der Waals surface area contributed by atoms with Gasteiger partial charge in [-0.05, 0) is 52.3 Å². The molecule has 0 aliphatic heterocycles. The average molecular weight is 473 g/mol. The van der Waals surface area contributed by atoms with Crippen LogP contribution in [0.5, 0.6) is 11.5 Å². The zero-order valence-electron chi connectivity index (χ0n) is 12.9. The Morgan fingerprint density at radius 3 is 1.81 bits per heavy atom. The molecule has 0 aliphatic carbocycles. The second-order valence-electron chi connectivity index (χ2n) is 5.25. The molecule has 2 aromatic carbocycles. The molecule has 4 rings (SSSR count). The summed E-state index contributed by atoms with van der Waals surface area (Å²) in [7, 11) is 0. The first-order valence-corrected chi connectivity index (χ1v) is 9.15. The van der Waals surface area contributed by atoms with Gasteiger partial charge in [0, 0.05) is 27.6 Å². The molecular weight excluding hydrogens is 462 g/mol. The molecular formula is C18H10BrCl3N2O2. The third-order valence-corrected chi connectivity index (χ3v) is 4.86. The number of hydrogen-bond acceptors (Lipinski definition) is 4. The lowest BCUT2D eigenvalue weighted by Crippen LogP contribution is -1.80. The molecule has 0 bridgehead atoms. The SMILES string of the molecule is Oc1ccc2cc(Br)cnc2c1Cl.Oc1ccc2cc(Cl)cnc2c1Cl. The largest absolute Gasteiger partial charge is 0.506 e. The number of aromatic hydroxyl groups is 2. The molecule has 2 N–H and O–H groups in total. The monoisotopic (exact) mass is 470 g/mol. The Morgan fingerprint density at radius 1 is 0.731 bits per heavy atom. The zero-order valence-corrected chi connectivity index (χ0v) is 16.8. The first-order valence-electron chi connectivity index (χ1n) is 7.22. The van der Waals surface area contributed by atoms with Gasteiger partial charge in [-0.1, -0.05) is 34.8 Å². The summed E-state index contributed by atoms with van der Waals surface area (Å²) in [6.07, 6.45) is 3.14. The van der Waals surface area contributed by atoms with Crippen molar-refractivity contribution in [1.29, 1.82) is 0 Å². The number of phenolic OH excluding ortho intramolecular Hbond substituents is 2. The van der Waals surface area contributed by atoms with Crippen molar-refractivity contribution in [2.75, 3.05) is 0 Å². The number of phenols is 2. The summed E-state index contributed by atoms with van der Waals surface area (Å²) >= 11 is 20.7. The van der Waals surface area contributed by atoms with Crippen LogP contribution in [0, 0.1) is 0 Å². The number of pyridine rings is 2. The maximum atomic E-state index is 9.30. The zero-order chi connectivity index (χ0) is 18.8. The van der Waals surface area contributed by atoms with E-state index in [2.05, 4.69) is 25.9 Å². The van der Waals surface area contributed by atoms with Crippen LogP contribution in [0.1, 0.15) is 0 Å². The smallest absolute Gasteiger partial charge is 0.136 e. The van der Waals surface area contributed by atoms with E-state index in [-0.39, 0.29) is 16.5 Å². The molecule has 4 nitrogen and oxygen atoms in total. The topological polar surface area (TPSA) is 66.2 Å². The van der Waals surface area contributed by atoms with E-state index in [1.807, 2.05) is 6.07 Å². The summed E-state index contributed by atoms with van der Waals surface area (Å²) in [5, 5.41) is 21.4. The molecule has 2 heterocycles. The van der Waals surface area contributed by atoms with Gasteiger partial charge in [-0.3, -0.25) is 9.97 Å². The lowest BCUT2D eigenvalue weighted by Gasteiger charge is -2.01. The van der Waals surface area contributed by atoms with Gasteiger partial charge in [0.1, 0.15) is 21.5 Å². The van der Waals surface area contributed by atoms with Crippen molar-refractivity contribution in [3.05, 3.63) is 68.3 Å². The van der Waals surface area contributed by atoms with Crippen molar-refractivity contribution >= 4 is 72.5 Å². The maximum absolute atomic E-state index is 9.30. The summed E-state index contributed by atoms with van der Waals surface area (Å²) in [5.74, 6) is 0.0907. The second kappa shape index (κ2) is 7.84. The Morgan fingerprint density at radius 2 is 1.23 bits per heavy atom. The summed E-state index contributed by atoms with van der Waals surface area (Å²) in [5.41, 5.74) is 1.18. The molecule has 8 heteroatoms. The van der Waals surface area contributed by atoms with Crippen LogP contribution in [0.4, 0.5) is 0 Å². The number of rotatable bonds is 0. The molecule has 2 aromatic heterocycles.